The van der Waals surface area contributed by atoms with E-state index in [0.717, 1.165) is 0 Å². The molecule has 1 fully saturated rings. The van der Waals surface area contributed by atoms with Crippen molar-refractivity contribution in [3.8, 4) is 0 Å². The van der Waals surface area contributed by atoms with Crippen molar-refractivity contribution in [3.05, 3.63) is 10.4 Å². The van der Waals surface area contributed by atoms with Gasteiger partial charge in [-0.25, -0.2) is 4.79 Å². The summed E-state index contributed by atoms with van der Waals surface area (Å²) in [4.78, 5) is 27.2. The number of carboxylic acid groups (broad SMARTS) is 1. The third kappa shape index (κ3) is 3.13. The number of nitrogens with zero attached hydrogens (tertiary/aromatic N) is 4. The van der Waals surface area contributed by atoms with E-state index >= 15 is 0 Å². The van der Waals surface area contributed by atoms with Crippen LogP contribution in [0.3, 0.4) is 0 Å². The van der Waals surface area contributed by atoms with Gasteiger partial charge in [0.25, 0.3) is 0 Å². The van der Waals surface area contributed by atoms with Gasteiger partial charge >= 0.3 is 5.97 Å². The molecular weight excluding hydrogens is 236 g/mol. The van der Waals surface area contributed by atoms with Gasteiger partial charge < -0.3 is 10.0 Å². The van der Waals surface area contributed by atoms with Gasteiger partial charge in [-0.3, -0.25) is 4.79 Å². The lowest BCUT2D eigenvalue weighted by atomic mass is 9.85. The summed E-state index contributed by atoms with van der Waals surface area (Å²) in [5.74, 6) is -1.27. The third-order valence-electron chi connectivity index (χ3n) is 3.01. The fourth-order valence-electron chi connectivity index (χ4n) is 2.30. The molecule has 1 amide bonds. The molecular formula is C11H18N4O3. The van der Waals surface area contributed by atoms with Crippen molar-refractivity contribution in [2.24, 2.45) is 16.4 Å². The van der Waals surface area contributed by atoms with Crippen LogP contribution in [0.4, 0.5) is 0 Å². The normalized spacial score (nSPS) is 21.6. The first kappa shape index (κ1) is 14.3. The number of hydrogen-bond acceptors (Lipinski definition) is 3. The fraction of sp³-hybridized carbons (Fsp3) is 0.818. The lowest BCUT2D eigenvalue weighted by Gasteiger charge is -2.34. The molecule has 18 heavy (non-hydrogen) atoms. The molecule has 1 aliphatic heterocycles. The summed E-state index contributed by atoms with van der Waals surface area (Å²) in [5, 5.41) is 12.7. The fourth-order valence-corrected chi connectivity index (χ4v) is 2.30. The SMILES string of the molecule is CC(C)(C)C(C(=O)O)N1CC(CN=[N+]=[N-])CC1=O. The molecule has 7 heteroatoms. The van der Waals surface area contributed by atoms with Crippen LogP contribution in [0.1, 0.15) is 27.2 Å². The van der Waals surface area contributed by atoms with Crippen molar-refractivity contribution in [1.29, 1.82) is 0 Å². The number of rotatable bonds is 4. The van der Waals surface area contributed by atoms with Crippen LogP contribution in [0.25, 0.3) is 10.4 Å². The minimum absolute atomic E-state index is 0.0856. The molecule has 0 spiro atoms. The van der Waals surface area contributed by atoms with Gasteiger partial charge in [0.2, 0.25) is 5.91 Å². The molecule has 2 atom stereocenters. The Labute approximate surface area is 105 Å². The minimum Gasteiger partial charge on any atom is -0.480 e. The average molecular weight is 254 g/mol. The van der Waals surface area contributed by atoms with Gasteiger partial charge in [0.15, 0.2) is 0 Å². The standard InChI is InChI=1S/C11H18N4O3/c1-11(2,3)9(10(17)18)15-6-7(4-8(15)16)5-13-14-12/h7,9H,4-6H2,1-3H3,(H,17,18). The maximum Gasteiger partial charge on any atom is 0.326 e. The Bertz CT molecular complexity index is 396. The number of aliphatic carboxylic acids is 1. The van der Waals surface area contributed by atoms with Crippen LogP contribution >= 0.6 is 0 Å². The summed E-state index contributed by atoms with van der Waals surface area (Å²) in [6.07, 6.45) is 0.249. The molecule has 0 aromatic rings. The van der Waals surface area contributed by atoms with Crippen LogP contribution in [0.15, 0.2) is 5.11 Å². The first-order valence-electron chi connectivity index (χ1n) is 5.80. The molecule has 1 aliphatic rings. The lowest BCUT2D eigenvalue weighted by Crippen LogP contribution is -2.50. The Balaban J connectivity index is 2.85. The summed E-state index contributed by atoms with van der Waals surface area (Å²) >= 11 is 0. The van der Waals surface area contributed by atoms with Gasteiger partial charge in [-0.05, 0) is 16.9 Å². The second-order valence-electron chi connectivity index (χ2n) is 5.64. The molecule has 1 saturated heterocycles. The van der Waals surface area contributed by atoms with Crippen molar-refractivity contribution in [3.63, 3.8) is 0 Å². The van der Waals surface area contributed by atoms with Gasteiger partial charge in [-0.15, -0.1) is 0 Å². The van der Waals surface area contributed by atoms with Crippen LogP contribution in [0, 0.1) is 11.3 Å². The number of carboxylic acids is 1. The summed E-state index contributed by atoms with van der Waals surface area (Å²) in [6.45, 7) is 5.95. The zero-order valence-electron chi connectivity index (χ0n) is 10.8. The largest absolute Gasteiger partial charge is 0.480 e. The highest BCUT2D eigenvalue weighted by molar-refractivity contribution is 5.85. The lowest BCUT2D eigenvalue weighted by molar-refractivity contribution is -0.153. The Morgan fingerprint density at radius 3 is 2.72 bits per heavy atom. The van der Waals surface area contributed by atoms with Crippen molar-refractivity contribution in [2.75, 3.05) is 13.1 Å². The summed E-state index contributed by atoms with van der Waals surface area (Å²) < 4.78 is 0. The molecule has 2 unspecified atom stereocenters. The van der Waals surface area contributed by atoms with Gasteiger partial charge in [0.05, 0.1) is 0 Å². The van der Waals surface area contributed by atoms with Gasteiger partial charge in [0, 0.05) is 24.4 Å². The van der Waals surface area contributed by atoms with Gasteiger partial charge in [-0.1, -0.05) is 25.9 Å². The minimum atomic E-state index is -1.000. The van der Waals surface area contributed by atoms with Crippen LogP contribution in [0.5, 0.6) is 0 Å². The number of azide groups is 1. The summed E-state index contributed by atoms with van der Waals surface area (Å²) in [6, 6.07) is -0.846. The highest BCUT2D eigenvalue weighted by Crippen LogP contribution is 2.30. The Hall–Kier alpha value is -1.75. The van der Waals surface area contributed by atoms with Gasteiger partial charge in [-0.2, -0.15) is 0 Å². The van der Waals surface area contributed by atoms with E-state index in [1.807, 2.05) is 0 Å². The highest BCUT2D eigenvalue weighted by Gasteiger charge is 2.43. The topological polar surface area (TPSA) is 106 Å². The van der Waals surface area contributed by atoms with E-state index in [1.54, 1.807) is 20.8 Å². The van der Waals surface area contributed by atoms with E-state index in [1.165, 1.54) is 4.90 Å². The van der Waals surface area contributed by atoms with Crippen LogP contribution in [0.2, 0.25) is 0 Å². The average Bonchev–Trinajstić information content (AvgIpc) is 2.54. The molecule has 0 aromatic heterocycles. The summed E-state index contributed by atoms with van der Waals surface area (Å²) in [7, 11) is 0. The van der Waals surface area contributed by atoms with Gasteiger partial charge in [0.1, 0.15) is 6.04 Å². The predicted octanol–water partition coefficient (Wildman–Crippen LogP) is 1.64. The smallest absolute Gasteiger partial charge is 0.326 e. The molecule has 0 radical (unpaired) electrons. The van der Waals surface area contributed by atoms with E-state index in [-0.39, 0.29) is 24.8 Å². The predicted molar refractivity (Wildman–Crippen MR) is 64.7 cm³/mol. The molecule has 1 heterocycles. The Morgan fingerprint density at radius 1 is 1.67 bits per heavy atom. The third-order valence-corrected chi connectivity index (χ3v) is 3.01. The second kappa shape index (κ2) is 5.27. The molecule has 1 N–H and O–H groups in total. The molecule has 0 bridgehead atoms. The second-order valence-corrected chi connectivity index (χ2v) is 5.64. The van der Waals surface area contributed by atoms with E-state index in [9.17, 15) is 14.7 Å². The first-order chi connectivity index (χ1) is 8.27. The summed E-state index contributed by atoms with van der Waals surface area (Å²) in [5.41, 5.74) is 7.72. The number of carbonyl (C=O) groups excluding carboxylic acids is 1. The number of likely N-dealkylation sites (tertiary alicyclic amines) is 1. The Morgan fingerprint density at radius 2 is 2.28 bits per heavy atom. The van der Waals surface area contributed by atoms with Crippen molar-refractivity contribution < 1.29 is 14.7 Å². The monoisotopic (exact) mass is 254 g/mol. The van der Waals surface area contributed by atoms with E-state index in [0.29, 0.717) is 6.54 Å². The van der Waals surface area contributed by atoms with E-state index < -0.39 is 17.4 Å². The molecule has 0 saturated carbocycles. The van der Waals surface area contributed by atoms with Crippen LogP contribution in [-0.4, -0.2) is 41.0 Å². The first-order valence-corrected chi connectivity index (χ1v) is 5.80. The quantitative estimate of drug-likeness (QED) is 0.468. The number of amides is 1. The van der Waals surface area contributed by atoms with E-state index in [4.69, 9.17) is 5.53 Å². The molecule has 7 nitrogen and oxygen atoms in total. The maximum absolute atomic E-state index is 11.9. The zero-order valence-corrected chi connectivity index (χ0v) is 10.8. The Kier molecular flexibility index (Phi) is 4.19. The maximum atomic E-state index is 11.9. The van der Waals surface area contributed by atoms with E-state index in [2.05, 4.69) is 10.0 Å². The molecule has 0 aliphatic carbocycles. The molecule has 100 valence electrons. The van der Waals surface area contributed by atoms with Crippen molar-refractivity contribution in [1.82, 2.24) is 4.90 Å². The van der Waals surface area contributed by atoms with Crippen LogP contribution < -0.4 is 0 Å². The van der Waals surface area contributed by atoms with Crippen molar-refractivity contribution >= 4 is 11.9 Å². The van der Waals surface area contributed by atoms with Crippen molar-refractivity contribution in [2.45, 2.75) is 33.2 Å². The molecule has 0 aromatic carbocycles. The zero-order chi connectivity index (χ0) is 13.9. The number of carbonyl (C=O) groups is 2. The van der Waals surface area contributed by atoms with Crippen LogP contribution in [-0.2, 0) is 9.59 Å². The molecule has 1 rings (SSSR count). The highest BCUT2D eigenvalue weighted by atomic mass is 16.4. The number of hydrogen-bond donors (Lipinski definition) is 1.